The van der Waals surface area contributed by atoms with Crippen LogP contribution in [0.1, 0.15) is 73.6 Å². The Morgan fingerprint density at radius 1 is 0.614 bits per heavy atom. The minimum atomic E-state index is -4.75. The molecule has 0 atom stereocenters. The van der Waals surface area contributed by atoms with Gasteiger partial charge in [0.1, 0.15) is 34.3 Å². The van der Waals surface area contributed by atoms with Crippen LogP contribution >= 0.6 is 23.2 Å². The zero-order valence-electron chi connectivity index (χ0n) is 38.8. The van der Waals surface area contributed by atoms with E-state index in [2.05, 4.69) is 37.0 Å². The molecular formula is C48H58Cl2F6N8O6. The van der Waals surface area contributed by atoms with Crippen molar-refractivity contribution in [3.8, 4) is 11.5 Å². The van der Waals surface area contributed by atoms with E-state index in [-0.39, 0.29) is 29.4 Å². The van der Waals surface area contributed by atoms with Gasteiger partial charge in [-0.2, -0.15) is 26.3 Å². The van der Waals surface area contributed by atoms with Gasteiger partial charge in [0, 0.05) is 89.0 Å². The Labute approximate surface area is 412 Å². The van der Waals surface area contributed by atoms with Crippen molar-refractivity contribution in [1.82, 2.24) is 20.2 Å². The lowest BCUT2D eigenvalue weighted by Crippen LogP contribution is -2.44. The first-order valence-electron chi connectivity index (χ1n) is 23.4. The van der Waals surface area contributed by atoms with Crippen molar-refractivity contribution >= 4 is 46.2 Å². The lowest BCUT2D eigenvalue weighted by atomic mass is 9.83. The third-order valence-electron chi connectivity index (χ3n) is 13.1. The summed E-state index contributed by atoms with van der Waals surface area (Å²) >= 11 is 9.53. The van der Waals surface area contributed by atoms with E-state index in [9.17, 15) is 46.6 Å². The van der Waals surface area contributed by atoms with Gasteiger partial charge in [0.25, 0.3) is 11.4 Å². The predicted octanol–water partition coefficient (Wildman–Crippen LogP) is 11.0. The van der Waals surface area contributed by atoms with Crippen LogP contribution in [0.25, 0.3) is 0 Å². The third-order valence-corrected chi connectivity index (χ3v) is 13.1. The number of piperazine rings is 2. The van der Waals surface area contributed by atoms with Gasteiger partial charge in [0.2, 0.25) is 0 Å². The number of halogens is 8. The molecule has 0 radical (unpaired) electrons. The summed E-state index contributed by atoms with van der Waals surface area (Å²) in [6.07, 6.45) is 1.66. The first-order valence-corrected chi connectivity index (χ1v) is 24.4. The molecule has 2 aromatic carbocycles. The highest BCUT2D eigenvalue weighted by Crippen LogP contribution is 2.40. The zero-order valence-corrected chi connectivity index (χ0v) is 40.3. The van der Waals surface area contributed by atoms with Crippen molar-refractivity contribution in [2.75, 3.05) is 74.5 Å². The first kappa shape index (κ1) is 54.2. The van der Waals surface area contributed by atoms with Crippen molar-refractivity contribution in [2.24, 2.45) is 11.8 Å². The molecule has 2 aromatic heterocycles. The number of nitro groups is 2. The van der Waals surface area contributed by atoms with Crippen molar-refractivity contribution in [3.63, 3.8) is 0 Å². The number of ether oxygens (including phenoxy) is 2. The second kappa shape index (κ2) is 25.3. The summed E-state index contributed by atoms with van der Waals surface area (Å²) in [5.74, 6) is 3.84. The van der Waals surface area contributed by atoms with E-state index < -0.39 is 44.7 Å². The quantitative estimate of drug-likeness (QED) is 0.0622. The van der Waals surface area contributed by atoms with Gasteiger partial charge in [-0.25, -0.2) is 9.97 Å². The number of anilines is 2. The number of nitro benzene ring substituents is 2. The molecule has 4 aromatic rings. The number of aromatic nitrogens is 2. The topological polar surface area (TPSA) is 152 Å². The van der Waals surface area contributed by atoms with E-state index in [0.717, 1.165) is 151 Å². The Balaban J connectivity index is 0.000000218. The van der Waals surface area contributed by atoms with E-state index in [1.54, 1.807) is 12.4 Å². The van der Waals surface area contributed by atoms with Crippen LogP contribution in [0.3, 0.4) is 0 Å². The van der Waals surface area contributed by atoms with Crippen LogP contribution in [-0.2, 0) is 25.2 Å². The Bertz CT molecular complexity index is 2320. The molecule has 2 aliphatic carbocycles. The summed E-state index contributed by atoms with van der Waals surface area (Å²) in [5, 5.41) is 25.4. The van der Waals surface area contributed by atoms with Gasteiger partial charge in [-0.05, 0) is 118 Å². The number of hydrogen-bond donors (Lipinski definition) is 1. The molecule has 8 rings (SSSR count). The van der Waals surface area contributed by atoms with Gasteiger partial charge in [0.05, 0.1) is 27.4 Å². The average Bonchev–Trinajstić information content (AvgIpc) is 3.33. The predicted molar refractivity (Wildman–Crippen MR) is 256 cm³/mol. The molecule has 0 spiro atoms. The van der Waals surface area contributed by atoms with Crippen LogP contribution in [0.2, 0.25) is 0 Å². The highest BCUT2D eigenvalue weighted by atomic mass is 35.5. The number of nitrogens with zero attached hydrogens (tertiary/aromatic N) is 7. The van der Waals surface area contributed by atoms with Crippen LogP contribution in [0.15, 0.2) is 73.1 Å². The second-order valence-electron chi connectivity index (χ2n) is 18.0. The summed E-state index contributed by atoms with van der Waals surface area (Å²) in [7, 11) is 2.11. The standard InChI is InChI=1S/C24H29F3N4O3.C23H27F3N4O3.CH2Cl2/c1-29-10-12-30(13-11-29)23-16-20(8-9-28-23)34-19-5-2-17(3-6-19)14-18-4-7-22(31(32)33)21(15-18)24(25,26)27;24-23(25,26)20-14-17(3-6-21(20)30(31)32)13-16-1-4-18(5-2-16)33-19-7-8-28-22(15-19)29-11-9-27-10-12-29;2-1-3/h4,7-9,15-17,19H,2-3,5-6,10-14H2,1H3;3,6-8,14-16,18,27H,1-2,4-5,9-13H2;1H2. The smallest absolute Gasteiger partial charge is 0.423 e. The highest BCUT2D eigenvalue weighted by Gasteiger charge is 2.40. The number of pyridine rings is 2. The maximum absolute atomic E-state index is 13.3. The lowest BCUT2D eigenvalue weighted by molar-refractivity contribution is -0.388. The van der Waals surface area contributed by atoms with Crippen LogP contribution in [-0.4, -0.2) is 102 Å². The fraction of sp³-hybridized carbons (Fsp3) is 0.542. The monoisotopic (exact) mass is 1030 g/mol. The Hall–Kier alpha value is -5.18. The largest absolute Gasteiger partial charge is 0.490 e. The van der Waals surface area contributed by atoms with Crippen LogP contribution < -0.4 is 24.6 Å². The fourth-order valence-electron chi connectivity index (χ4n) is 9.37. The van der Waals surface area contributed by atoms with Crippen LogP contribution in [0.4, 0.5) is 49.4 Å². The van der Waals surface area contributed by atoms with Gasteiger partial charge >= 0.3 is 12.4 Å². The lowest BCUT2D eigenvalue weighted by Gasteiger charge is -2.33. The molecule has 14 nitrogen and oxygen atoms in total. The minimum absolute atomic E-state index is 0.0570. The molecule has 0 amide bonds. The molecule has 22 heteroatoms. The van der Waals surface area contributed by atoms with Crippen molar-refractivity contribution in [1.29, 1.82) is 0 Å². The van der Waals surface area contributed by atoms with Crippen molar-refractivity contribution in [3.05, 3.63) is 116 Å². The van der Waals surface area contributed by atoms with Gasteiger partial charge < -0.3 is 29.5 Å². The molecular weight excluding hydrogens is 969 g/mol. The summed E-state index contributed by atoms with van der Waals surface area (Å²) in [4.78, 5) is 35.6. The molecule has 2 saturated carbocycles. The molecule has 70 heavy (non-hydrogen) atoms. The van der Waals surface area contributed by atoms with E-state index in [1.807, 2.05) is 24.3 Å². The molecule has 2 aliphatic heterocycles. The van der Waals surface area contributed by atoms with E-state index in [0.29, 0.717) is 24.0 Å². The number of benzene rings is 2. The molecule has 4 heterocycles. The van der Waals surface area contributed by atoms with Gasteiger partial charge in [-0.3, -0.25) is 20.2 Å². The fourth-order valence-corrected chi connectivity index (χ4v) is 9.37. The van der Waals surface area contributed by atoms with Gasteiger partial charge in [0.15, 0.2) is 0 Å². The minimum Gasteiger partial charge on any atom is -0.490 e. The summed E-state index contributed by atoms with van der Waals surface area (Å²) < 4.78 is 91.9. The molecule has 0 bridgehead atoms. The number of alkyl halides is 8. The second-order valence-corrected chi connectivity index (χ2v) is 18.8. The number of likely N-dealkylation sites (N-methyl/N-ethyl adjacent to an activating group) is 1. The summed E-state index contributed by atoms with van der Waals surface area (Å²) in [6, 6.07) is 14.3. The summed E-state index contributed by atoms with van der Waals surface area (Å²) in [6.45, 7) is 7.51. The molecule has 1 N–H and O–H groups in total. The first-order chi connectivity index (χ1) is 33.4. The maximum atomic E-state index is 13.3. The van der Waals surface area contributed by atoms with Gasteiger partial charge in [-0.1, -0.05) is 12.1 Å². The Morgan fingerprint density at radius 2 is 1.00 bits per heavy atom. The van der Waals surface area contributed by atoms with E-state index in [1.165, 1.54) is 12.1 Å². The average molecular weight is 1030 g/mol. The molecule has 4 fully saturated rings. The molecule has 0 unspecified atom stereocenters. The van der Waals surface area contributed by atoms with Gasteiger partial charge in [-0.15, -0.1) is 23.2 Å². The van der Waals surface area contributed by atoms with E-state index >= 15 is 0 Å². The Morgan fingerprint density at radius 3 is 1.37 bits per heavy atom. The zero-order chi connectivity index (χ0) is 50.4. The molecule has 4 aliphatic rings. The van der Waals surface area contributed by atoms with Crippen molar-refractivity contribution in [2.45, 2.75) is 88.8 Å². The van der Waals surface area contributed by atoms with Crippen LogP contribution in [0.5, 0.6) is 11.5 Å². The highest BCUT2D eigenvalue weighted by molar-refractivity contribution is 6.40. The molecule has 382 valence electrons. The van der Waals surface area contributed by atoms with E-state index in [4.69, 9.17) is 32.7 Å². The SMILES string of the molecule is CN1CCN(c2cc(OC3CCC(Cc4ccc([N+](=O)[O-])c(C(F)(F)F)c4)CC3)ccn2)CC1.ClCCl.O=[N+]([O-])c1ccc(CC2CCC(Oc3ccnc(N4CCNCC4)c3)CC2)cc1C(F)(F)F. The number of hydrogen-bond acceptors (Lipinski definition) is 12. The third kappa shape index (κ3) is 15.9. The number of rotatable bonds is 12. The van der Waals surface area contributed by atoms with Crippen LogP contribution in [0, 0.1) is 32.1 Å². The van der Waals surface area contributed by atoms with Crippen molar-refractivity contribution < 1.29 is 45.7 Å². The maximum Gasteiger partial charge on any atom is 0.423 e. The summed E-state index contributed by atoms with van der Waals surface area (Å²) in [5.41, 5.74) is -3.20. The number of nitrogens with one attached hydrogen (secondary N) is 1. The Kier molecular flexibility index (Phi) is 19.6. The molecule has 2 saturated heterocycles. The normalized spacial score (nSPS) is 21.1.